The molecule has 0 atom stereocenters. The van der Waals surface area contributed by atoms with Crippen molar-refractivity contribution in [3.63, 3.8) is 0 Å². The van der Waals surface area contributed by atoms with Gasteiger partial charge in [0.2, 0.25) is 0 Å². The van der Waals surface area contributed by atoms with Gasteiger partial charge in [0.05, 0.1) is 12.8 Å². The number of ether oxygens (including phenoxy) is 1. The summed E-state index contributed by atoms with van der Waals surface area (Å²) in [5.74, 6) is 1.59. The van der Waals surface area contributed by atoms with Crippen molar-refractivity contribution >= 4 is 0 Å². The summed E-state index contributed by atoms with van der Waals surface area (Å²) >= 11 is 0. The van der Waals surface area contributed by atoms with E-state index in [-0.39, 0.29) is 5.56 Å². The smallest absolute Gasteiger partial charge is 0.251 e. The standard InChI is InChI=1S/C16H20N2O2/c1-5-6-15-17-13(9-16(19)18-15)12-7-11(3)14(20-4)8-10(12)2/h7-9H,5-6H2,1-4H3,(H,17,18,19). The summed E-state index contributed by atoms with van der Waals surface area (Å²) in [5.41, 5.74) is 3.68. The van der Waals surface area contributed by atoms with Gasteiger partial charge in [-0.25, -0.2) is 4.98 Å². The van der Waals surface area contributed by atoms with Gasteiger partial charge in [-0.15, -0.1) is 0 Å². The zero-order valence-corrected chi connectivity index (χ0v) is 12.4. The summed E-state index contributed by atoms with van der Waals surface area (Å²) < 4.78 is 5.31. The molecule has 4 nitrogen and oxygen atoms in total. The zero-order chi connectivity index (χ0) is 14.7. The van der Waals surface area contributed by atoms with E-state index in [2.05, 4.69) is 16.9 Å². The van der Waals surface area contributed by atoms with Gasteiger partial charge in [0.1, 0.15) is 11.6 Å². The Kier molecular flexibility index (Phi) is 4.23. The van der Waals surface area contributed by atoms with Crippen LogP contribution in [0.15, 0.2) is 23.0 Å². The first kappa shape index (κ1) is 14.3. The SMILES string of the molecule is CCCc1nc(-c2cc(C)c(OC)cc2C)cc(=O)[nH]1. The lowest BCUT2D eigenvalue weighted by molar-refractivity contribution is 0.411. The van der Waals surface area contributed by atoms with Gasteiger partial charge >= 0.3 is 0 Å². The highest BCUT2D eigenvalue weighted by atomic mass is 16.5. The molecule has 1 aromatic carbocycles. The van der Waals surface area contributed by atoms with Crippen LogP contribution in [0.3, 0.4) is 0 Å². The fraction of sp³-hybridized carbons (Fsp3) is 0.375. The van der Waals surface area contributed by atoms with E-state index in [4.69, 9.17) is 4.74 Å². The first-order valence-corrected chi connectivity index (χ1v) is 6.81. The third kappa shape index (κ3) is 2.90. The lowest BCUT2D eigenvalue weighted by atomic mass is 10.0. The number of benzene rings is 1. The number of nitrogens with one attached hydrogen (secondary N) is 1. The van der Waals surface area contributed by atoms with E-state index >= 15 is 0 Å². The molecule has 0 spiro atoms. The van der Waals surface area contributed by atoms with Gasteiger partial charge in [0, 0.05) is 18.1 Å². The van der Waals surface area contributed by atoms with Crippen LogP contribution in [0.2, 0.25) is 0 Å². The van der Waals surface area contributed by atoms with Crippen molar-refractivity contribution in [2.45, 2.75) is 33.6 Å². The van der Waals surface area contributed by atoms with Crippen LogP contribution in [-0.2, 0) is 6.42 Å². The number of aryl methyl sites for hydroxylation is 3. The molecule has 4 heteroatoms. The fourth-order valence-electron chi connectivity index (χ4n) is 2.29. The number of aromatic nitrogens is 2. The molecular weight excluding hydrogens is 252 g/mol. The Bertz CT molecular complexity index is 675. The van der Waals surface area contributed by atoms with Gasteiger partial charge in [0.15, 0.2) is 0 Å². The Labute approximate surface area is 118 Å². The molecule has 0 saturated carbocycles. The lowest BCUT2D eigenvalue weighted by Gasteiger charge is -2.11. The third-order valence-corrected chi connectivity index (χ3v) is 3.30. The lowest BCUT2D eigenvalue weighted by Crippen LogP contribution is -2.11. The van der Waals surface area contributed by atoms with Crippen molar-refractivity contribution in [3.8, 4) is 17.0 Å². The van der Waals surface area contributed by atoms with Crippen molar-refractivity contribution in [2.75, 3.05) is 7.11 Å². The van der Waals surface area contributed by atoms with Gasteiger partial charge < -0.3 is 9.72 Å². The van der Waals surface area contributed by atoms with Gasteiger partial charge in [-0.05, 0) is 43.5 Å². The molecule has 0 saturated heterocycles. The molecule has 0 fully saturated rings. The van der Waals surface area contributed by atoms with Crippen LogP contribution >= 0.6 is 0 Å². The molecule has 0 radical (unpaired) electrons. The molecule has 2 aromatic rings. The molecular formula is C16H20N2O2. The fourth-order valence-corrected chi connectivity index (χ4v) is 2.29. The molecule has 106 valence electrons. The quantitative estimate of drug-likeness (QED) is 0.930. The van der Waals surface area contributed by atoms with Crippen LogP contribution in [0.5, 0.6) is 5.75 Å². The number of aromatic amines is 1. The van der Waals surface area contributed by atoms with Crippen LogP contribution in [-0.4, -0.2) is 17.1 Å². The third-order valence-electron chi connectivity index (χ3n) is 3.30. The van der Waals surface area contributed by atoms with Crippen molar-refractivity contribution in [1.82, 2.24) is 9.97 Å². The molecule has 20 heavy (non-hydrogen) atoms. The maximum Gasteiger partial charge on any atom is 0.251 e. The van der Waals surface area contributed by atoms with Crippen LogP contribution in [0, 0.1) is 13.8 Å². The van der Waals surface area contributed by atoms with Gasteiger partial charge in [-0.1, -0.05) is 6.92 Å². The molecule has 0 bridgehead atoms. The number of nitrogens with zero attached hydrogens (tertiary/aromatic N) is 1. The zero-order valence-electron chi connectivity index (χ0n) is 12.4. The minimum Gasteiger partial charge on any atom is -0.496 e. The van der Waals surface area contributed by atoms with Gasteiger partial charge in [-0.2, -0.15) is 0 Å². The maximum atomic E-state index is 11.8. The number of H-pyrrole nitrogens is 1. The largest absolute Gasteiger partial charge is 0.496 e. The molecule has 1 aromatic heterocycles. The monoisotopic (exact) mass is 272 g/mol. The van der Waals surface area contributed by atoms with E-state index in [1.807, 2.05) is 26.0 Å². The van der Waals surface area contributed by atoms with Crippen LogP contribution in [0.4, 0.5) is 0 Å². The predicted molar refractivity (Wildman–Crippen MR) is 80.3 cm³/mol. The highest BCUT2D eigenvalue weighted by molar-refractivity contribution is 5.66. The van der Waals surface area contributed by atoms with Crippen LogP contribution in [0.25, 0.3) is 11.3 Å². The minimum absolute atomic E-state index is 0.105. The molecule has 0 amide bonds. The maximum absolute atomic E-state index is 11.8. The van der Waals surface area contributed by atoms with Crippen molar-refractivity contribution in [1.29, 1.82) is 0 Å². The summed E-state index contributed by atoms with van der Waals surface area (Å²) in [5, 5.41) is 0. The molecule has 0 unspecified atom stereocenters. The number of hydrogen-bond donors (Lipinski definition) is 1. The second kappa shape index (κ2) is 5.90. The highest BCUT2D eigenvalue weighted by Crippen LogP contribution is 2.28. The van der Waals surface area contributed by atoms with E-state index in [1.165, 1.54) is 0 Å². The number of methoxy groups -OCH3 is 1. The summed E-state index contributed by atoms with van der Waals surface area (Å²) in [7, 11) is 1.66. The molecule has 0 aliphatic carbocycles. The Balaban J connectivity index is 2.56. The topological polar surface area (TPSA) is 55.0 Å². The van der Waals surface area contributed by atoms with Crippen LogP contribution in [0.1, 0.15) is 30.3 Å². The van der Waals surface area contributed by atoms with Gasteiger partial charge in [-0.3, -0.25) is 4.79 Å². The number of hydrogen-bond acceptors (Lipinski definition) is 3. The van der Waals surface area contributed by atoms with Gasteiger partial charge in [0.25, 0.3) is 5.56 Å². The summed E-state index contributed by atoms with van der Waals surface area (Å²) in [6.45, 7) is 6.05. The summed E-state index contributed by atoms with van der Waals surface area (Å²) in [6.07, 6.45) is 1.73. The Morgan fingerprint density at radius 3 is 2.60 bits per heavy atom. The second-order valence-corrected chi connectivity index (χ2v) is 4.96. The minimum atomic E-state index is -0.105. The average molecular weight is 272 g/mol. The first-order chi connectivity index (χ1) is 9.55. The predicted octanol–water partition coefficient (Wildman–Crippen LogP) is 3.01. The normalized spacial score (nSPS) is 10.6. The molecule has 2 rings (SSSR count). The van der Waals surface area contributed by atoms with Crippen molar-refractivity contribution in [3.05, 3.63) is 45.5 Å². The molecule has 1 N–H and O–H groups in total. The second-order valence-electron chi connectivity index (χ2n) is 4.96. The Morgan fingerprint density at radius 1 is 1.20 bits per heavy atom. The van der Waals surface area contributed by atoms with E-state index in [1.54, 1.807) is 13.2 Å². The molecule has 0 aliphatic rings. The molecule has 0 aliphatic heterocycles. The van der Waals surface area contributed by atoms with E-state index in [9.17, 15) is 4.79 Å². The molecule has 1 heterocycles. The van der Waals surface area contributed by atoms with E-state index < -0.39 is 0 Å². The number of rotatable bonds is 4. The van der Waals surface area contributed by atoms with Crippen molar-refractivity contribution in [2.24, 2.45) is 0 Å². The summed E-state index contributed by atoms with van der Waals surface area (Å²) in [6, 6.07) is 5.55. The van der Waals surface area contributed by atoms with Crippen LogP contribution < -0.4 is 10.3 Å². The first-order valence-electron chi connectivity index (χ1n) is 6.81. The Hall–Kier alpha value is -2.10. The Morgan fingerprint density at radius 2 is 1.95 bits per heavy atom. The highest BCUT2D eigenvalue weighted by Gasteiger charge is 2.10. The van der Waals surface area contributed by atoms with E-state index in [0.29, 0.717) is 0 Å². The average Bonchev–Trinajstić information content (AvgIpc) is 2.40. The summed E-state index contributed by atoms with van der Waals surface area (Å²) in [4.78, 5) is 19.1. The van der Waals surface area contributed by atoms with Crippen molar-refractivity contribution < 1.29 is 4.74 Å². The van der Waals surface area contributed by atoms with E-state index in [0.717, 1.165) is 46.8 Å².